The lowest BCUT2D eigenvalue weighted by Gasteiger charge is -2.09. The number of aromatic nitrogens is 2. The molecule has 8 nitrogen and oxygen atoms in total. The van der Waals surface area contributed by atoms with Crippen molar-refractivity contribution in [1.82, 2.24) is 20.0 Å². The van der Waals surface area contributed by atoms with Crippen molar-refractivity contribution in [2.75, 3.05) is 11.5 Å². The van der Waals surface area contributed by atoms with E-state index in [1.165, 1.54) is 0 Å². The van der Waals surface area contributed by atoms with Crippen LogP contribution < -0.4 is 10.6 Å². The predicted octanol–water partition coefficient (Wildman–Crippen LogP) is 0.143. The summed E-state index contributed by atoms with van der Waals surface area (Å²) in [4.78, 5) is 29.2. The summed E-state index contributed by atoms with van der Waals surface area (Å²) in [6.07, 6.45) is 3.99. The number of fused-ring (bicyclic) bond motifs is 1. The van der Waals surface area contributed by atoms with Crippen LogP contribution in [0.4, 0.5) is 0 Å². The molecule has 1 atom stereocenters. The number of nitrogens with one attached hydrogen (secondary N) is 2. The van der Waals surface area contributed by atoms with Crippen LogP contribution in [-0.4, -0.2) is 53.2 Å². The van der Waals surface area contributed by atoms with Gasteiger partial charge in [-0.2, -0.15) is 0 Å². The molecule has 1 aliphatic heterocycles. The highest BCUT2D eigenvalue weighted by Gasteiger charge is 2.31. The summed E-state index contributed by atoms with van der Waals surface area (Å²) in [7, 11) is -3.09. The van der Waals surface area contributed by atoms with Crippen molar-refractivity contribution in [3.63, 3.8) is 0 Å². The fourth-order valence-corrected chi connectivity index (χ4v) is 4.68. The molecule has 0 spiro atoms. The SMILES string of the molecule is O=C(NC1CCS(=O)(=O)C1)c1nc(C(=O)NC2CC2)n2ccccc12. The van der Waals surface area contributed by atoms with Crippen LogP contribution in [0.1, 0.15) is 40.4 Å². The summed E-state index contributed by atoms with van der Waals surface area (Å²) < 4.78 is 24.7. The van der Waals surface area contributed by atoms with Gasteiger partial charge in [0.25, 0.3) is 11.8 Å². The molecular formula is C16H18N4O4S. The standard InChI is InChI=1S/C16H18N4O4S/c21-15(18-11-6-8-25(23,24)9-11)13-12-3-1-2-7-20(12)14(19-13)16(22)17-10-4-5-10/h1-3,7,10-11H,4-6,8-9H2,(H,17,22)(H,18,21). The third-order valence-corrected chi connectivity index (χ3v) is 6.21. The smallest absolute Gasteiger partial charge is 0.287 e. The molecule has 2 N–H and O–H groups in total. The molecule has 4 rings (SSSR count). The number of rotatable bonds is 4. The molecule has 25 heavy (non-hydrogen) atoms. The van der Waals surface area contributed by atoms with Gasteiger partial charge in [-0.25, -0.2) is 13.4 Å². The Kier molecular flexibility index (Phi) is 3.75. The minimum atomic E-state index is -3.09. The maximum absolute atomic E-state index is 12.6. The molecule has 3 heterocycles. The fraction of sp³-hybridized carbons (Fsp3) is 0.438. The Hall–Kier alpha value is -2.42. The molecule has 1 saturated heterocycles. The van der Waals surface area contributed by atoms with E-state index in [0.717, 1.165) is 12.8 Å². The summed E-state index contributed by atoms with van der Waals surface area (Å²) in [6, 6.07) is 5.00. The van der Waals surface area contributed by atoms with Gasteiger partial charge in [-0.1, -0.05) is 6.07 Å². The number of amides is 2. The third-order valence-electron chi connectivity index (χ3n) is 4.45. The molecule has 0 bridgehead atoms. The van der Waals surface area contributed by atoms with Gasteiger partial charge < -0.3 is 10.6 Å². The lowest BCUT2D eigenvalue weighted by Crippen LogP contribution is -2.36. The number of hydrogen-bond acceptors (Lipinski definition) is 5. The number of imidazole rings is 1. The Balaban J connectivity index is 1.62. The van der Waals surface area contributed by atoms with E-state index in [4.69, 9.17) is 0 Å². The summed E-state index contributed by atoms with van der Waals surface area (Å²) in [5, 5.41) is 5.59. The van der Waals surface area contributed by atoms with Crippen LogP contribution >= 0.6 is 0 Å². The number of carbonyl (C=O) groups is 2. The van der Waals surface area contributed by atoms with Crippen LogP contribution in [0.15, 0.2) is 24.4 Å². The van der Waals surface area contributed by atoms with Crippen LogP contribution in [0, 0.1) is 0 Å². The molecule has 0 radical (unpaired) electrons. The molecule has 0 aromatic carbocycles. The zero-order chi connectivity index (χ0) is 17.6. The molecule has 2 aromatic heterocycles. The lowest BCUT2D eigenvalue weighted by molar-refractivity contribution is 0.0938. The van der Waals surface area contributed by atoms with Crippen molar-refractivity contribution in [2.45, 2.75) is 31.3 Å². The topological polar surface area (TPSA) is 110 Å². The molecule has 132 valence electrons. The first-order valence-corrected chi connectivity index (χ1v) is 10.0. The second kappa shape index (κ2) is 5.83. The number of hydrogen-bond donors (Lipinski definition) is 2. The summed E-state index contributed by atoms with van der Waals surface area (Å²) >= 11 is 0. The Labute approximate surface area is 144 Å². The molecule has 1 aliphatic carbocycles. The first-order valence-electron chi connectivity index (χ1n) is 8.22. The van der Waals surface area contributed by atoms with E-state index >= 15 is 0 Å². The van der Waals surface area contributed by atoms with E-state index in [1.807, 2.05) is 0 Å². The number of carbonyl (C=O) groups excluding carboxylic acids is 2. The van der Waals surface area contributed by atoms with E-state index in [0.29, 0.717) is 11.9 Å². The van der Waals surface area contributed by atoms with Gasteiger partial charge >= 0.3 is 0 Å². The molecule has 9 heteroatoms. The monoisotopic (exact) mass is 362 g/mol. The van der Waals surface area contributed by atoms with Gasteiger partial charge in [-0.05, 0) is 31.4 Å². The van der Waals surface area contributed by atoms with E-state index in [9.17, 15) is 18.0 Å². The summed E-state index contributed by atoms with van der Waals surface area (Å²) in [5.74, 6) is -0.592. The minimum Gasteiger partial charge on any atom is -0.347 e. The minimum absolute atomic E-state index is 0.0560. The molecule has 2 aliphatic rings. The molecule has 1 saturated carbocycles. The molecule has 1 unspecified atom stereocenters. The van der Waals surface area contributed by atoms with E-state index in [2.05, 4.69) is 15.6 Å². The van der Waals surface area contributed by atoms with Crippen molar-refractivity contribution in [2.24, 2.45) is 0 Å². The van der Waals surface area contributed by atoms with Gasteiger partial charge in [-0.3, -0.25) is 14.0 Å². The highest BCUT2D eigenvalue weighted by Crippen LogP contribution is 2.20. The maximum Gasteiger partial charge on any atom is 0.287 e. The third kappa shape index (κ3) is 3.23. The maximum atomic E-state index is 12.6. The van der Waals surface area contributed by atoms with Crippen molar-refractivity contribution >= 4 is 27.2 Å². The van der Waals surface area contributed by atoms with Gasteiger partial charge in [0.15, 0.2) is 15.5 Å². The average molecular weight is 362 g/mol. The van der Waals surface area contributed by atoms with Gasteiger partial charge in [0, 0.05) is 18.3 Å². The first kappa shape index (κ1) is 16.1. The molecule has 2 fully saturated rings. The van der Waals surface area contributed by atoms with E-state index < -0.39 is 21.8 Å². The van der Waals surface area contributed by atoms with Crippen LogP contribution in [0.25, 0.3) is 5.52 Å². The zero-order valence-corrected chi connectivity index (χ0v) is 14.3. The first-order chi connectivity index (χ1) is 11.9. The van der Waals surface area contributed by atoms with E-state index in [-0.39, 0.29) is 35.0 Å². The fourth-order valence-electron chi connectivity index (χ4n) is 3.01. The van der Waals surface area contributed by atoms with Gasteiger partial charge in [-0.15, -0.1) is 0 Å². The Morgan fingerprint density at radius 2 is 1.84 bits per heavy atom. The molecule has 2 amide bonds. The second-order valence-corrected chi connectivity index (χ2v) is 8.79. The largest absolute Gasteiger partial charge is 0.347 e. The Morgan fingerprint density at radius 3 is 2.52 bits per heavy atom. The van der Waals surface area contributed by atoms with Crippen molar-refractivity contribution in [1.29, 1.82) is 0 Å². The average Bonchev–Trinajstić information content (AvgIpc) is 3.18. The summed E-state index contributed by atoms with van der Waals surface area (Å²) in [6.45, 7) is 0. The normalized spacial score (nSPS) is 22.0. The number of sulfone groups is 1. The zero-order valence-electron chi connectivity index (χ0n) is 13.4. The van der Waals surface area contributed by atoms with E-state index in [1.54, 1.807) is 28.8 Å². The molecule has 2 aromatic rings. The Bertz CT molecular complexity index is 962. The quantitative estimate of drug-likeness (QED) is 0.804. The summed E-state index contributed by atoms with van der Waals surface area (Å²) in [5.41, 5.74) is 0.646. The number of pyridine rings is 1. The van der Waals surface area contributed by atoms with Crippen molar-refractivity contribution in [3.05, 3.63) is 35.9 Å². The second-order valence-electron chi connectivity index (χ2n) is 6.56. The highest BCUT2D eigenvalue weighted by molar-refractivity contribution is 7.91. The van der Waals surface area contributed by atoms with Gasteiger partial charge in [0.1, 0.15) is 0 Å². The van der Waals surface area contributed by atoms with Crippen LogP contribution in [0.5, 0.6) is 0 Å². The number of nitrogens with zero attached hydrogens (tertiary/aromatic N) is 2. The van der Waals surface area contributed by atoms with Crippen LogP contribution in [-0.2, 0) is 9.84 Å². The lowest BCUT2D eigenvalue weighted by atomic mass is 10.2. The van der Waals surface area contributed by atoms with Crippen LogP contribution in [0.2, 0.25) is 0 Å². The van der Waals surface area contributed by atoms with Crippen LogP contribution in [0.3, 0.4) is 0 Å². The Morgan fingerprint density at radius 1 is 1.08 bits per heavy atom. The van der Waals surface area contributed by atoms with Crippen molar-refractivity contribution < 1.29 is 18.0 Å². The van der Waals surface area contributed by atoms with Gasteiger partial charge in [0.05, 0.1) is 17.0 Å². The highest BCUT2D eigenvalue weighted by atomic mass is 32.2. The van der Waals surface area contributed by atoms with Gasteiger partial charge in [0.2, 0.25) is 5.82 Å². The van der Waals surface area contributed by atoms with Crippen molar-refractivity contribution in [3.8, 4) is 0 Å². The molecular weight excluding hydrogens is 344 g/mol. The predicted molar refractivity (Wildman–Crippen MR) is 90.2 cm³/mol.